The van der Waals surface area contributed by atoms with Crippen LogP contribution in [0.1, 0.15) is 4.88 Å². The predicted molar refractivity (Wildman–Crippen MR) is 141 cm³/mol. The number of imide groups is 1. The number of para-hydroxylation sites is 2. The second-order valence-corrected chi connectivity index (χ2v) is 9.25. The topological polar surface area (TPSA) is 102 Å². The Morgan fingerprint density at radius 3 is 1.86 bits per heavy atom. The first kappa shape index (κ1) is 23.7. The molecule has 5 rings (SSSR count). The number of carbonyl (C=O) groups is 3. The van der Waals surface area contributed by atoms with E-state index < -0.39 is 24.3 Å². The zero-order valence-electron chi connectivity index (χ0n) is 19.4. The van der Waals surface area contributed by atoms with Crippen LogP contribution >= 0.6 is 11.3 Å². The lowest BCUT2D eigenvalue weighted by molar-refractivity contribution is -0.147. The van der Waals surface area contributed by atoms with Gasteiger partial charge in [0.15, 0.2) is 0 Å². The molecule has 0 saturated carbocycles. The number of thiophene rings is 1. The van der Waals surface area contributed by atoms with Crippen molar-refractivity contribution in [3.8, 4) is 16.5 Å². The molecule has 8 heteroatoms. The van der Waals surface area contributed by atoms with E-state index in [1.807, 2.05) is 91.0 Å². The summed E-state index contributed by atoms with van der Waals surface area (Å²) in [5, 5.41) is 18.5. The molecule has 1 aliphatic heterocycles. The lowest BCUT2D eigenvalue weighted by atomic mass is 10.1. The van der Waals surface area contributed by atoms with Crippen LogP contribution in [0.25, 0.3) is 16.0 Å². The average Bonchev–Trinajstić information content (AvgIpc) is 3.49. The molecule has 3 aromatic carbocycles. The molecular weight excluding hydrogens is 486 g/mol. The van der Waals surface area contributed by atoms with Gasteiger partial charge in [0.25, 0.3) is 11.8 Å². The van der Waals surface area contributed by atoms with Crippen LogP contribution in [0, 0.1) is 11.3 Å². The minimum atomic E-state index is -1.33. The van der Waals surface area contributed by atoms with Crippen LogP contribution in [0.3, 0.4) is 0 Å². The summed E-state index contributed by atoms with van der Waals surface area (Å²) in [6.45, 7) is -0.786. The lowest BCUT2D eigenvalue weighted by Crippen LogP contribution is -2.36. The Kier molecular flexibility index (Phi) is 6.37. The quantitative estimate of drug-likeness (QED) is 0.327. The third kappa shape index (κ3) is 4.51. The van der Waals surface area contributed by atoms with Gasteiger partial charge >= 0.3 is 5.97 Å². The summed E-state index contributed by atoms with van der Waals surface area (Å²) in [4.78, 5) is 40.3. The molecule has 4 aromatic rings. The van der Waals surface area contributed by atoms with Crippen molar-refractivity contribution >= 4 is 51.8 Å². The normalized spacial score (nSPS) is 13.1. The van der Waals surface area contributed by atoms with Gasteiger partial charge in [0.05, 0.1) is 5.57 Å². The molecule has 7 nitrogen and oxygen atoms in total. The fourth-order valence-corrected chi connectivity index (χ4v) is 5.25. The lowest BCUT2D eigenvalue weighted by Gasteiger charge is -2.25. The highest BCUT2D eigenvalue weighted by atomic mass is 32.1. The van der Waals surface area contributed by atoms with Gasteiger partial charge in [0.2, 0.25) is 0 Å². The molecule has 0 atom stereocenters. The SMILES string of the molecule is N#CC1=C(c2ccc(-c3ccc(N(c4ccccc4)c4ccccc4)cc3)s2)C(=O)N(CC(=O)O)C1=O. The first-order valence-electron chi connectivity index (χ1n) is 11.3. The van der Waals surface area contributed by atoms with Crippen molar-refractivity contribution in [2.45, 2.75) is 0 Å². The fourth-order valence-electron chi connectivity index (χ4n) is 4.19. The highest BCUT2D eigenvalue weighted by Gasteiger charge is 2.40. The van der Waals surface area contributed by atoms with E-state index in [1.165, 1.54) is 11.3 Å². The largest absolute Gasteiger partial charge is 0.480 e. The number of nitriles is 1. The molecule has 0 bridgehead atoms. The van der Waals surface area contributed by atoms with E-state index in [4.69, 9.17) is 5.11 Å². The Balaban J connectivity index is 1.46. The van der Waals surface area contributed by atoms with E-state index in [9.17, 15) is 19.6 Å². The Bertz CT molecular complexity index is 1530. The zero-order valence-corrected chi connectivity index (χ0v) is 20.2. The van der Waals surface area contributed by atoms with Crippen LogP contribution in [-0.2, 0) is 14.4 Å². The second-order valence-electron chi connectivity index (χ2n) is 8.17. The summed E-state index contributed by atoms with van der Waals surface area (Å²) in [5.74, 6) is -2.98. The number of rotatable bonds is 7. The van der Waals surface area contributed by atoms with E-state index in [0.29, 0.717) is 9.78 Å². The molecule has 37 heavy (non-hydrogen) atoms. The summed E-state index contributed by atoms with van der Waals surface area (Å²) in [7, 11) is 0. The smallest absolute Gasteiger partial charge is 0.323 e. The van der Waals surface area contributed by atoms with E-state index in [0.717, 1.165) is 27.5 Å². The van der Waals surface area contributed by atoms with Crippen molar-refractivity contribution in [3.63, 3.8) is 0 Å². The molecule has 2 amide bonds. The number of hydrogen-bond acceptors (Lipinski definition) is 6. The van der Waals surface area contributed by atoms with E-state index in [2.05, 4.69) is 4.90 Å². The third-order valence-corrected chi connectivity index (χ3v) is 7.02. The van der Waals surface area contributed by atoms with Crippen LogP contribution in [0.15, 0.2) is 103 Å². The maximum atomic E-state index is 12.8. The van der Waals surface area contributed by atoms with Crippen molar-refractivity contribution in [1.29, 1.82) is 5.26 Å². The molecule has 2 heterocycles. The Hall–Kier alpha value is -5.00. The van der Waals surface area contributed by atoms with Crippen LogP contribution < -0.4 is 4.90 Å². The van der Waals surface area contributed by atoms with Gasteiger partial charge in [0.1, 0.15) is 18.2 Å². The predicted octanol–water partition coefficient (Wildman–Crippen LogP) is 5.62. The summed E-state index contributed by atoms with van der Waals surface area (Å²) in [5.41, 5.74) is 3.52. The summed E-state index contributed by atoms with van der Waals surface area (Å²) >= 11 is 1.27. The second kappa shape index (κ2) is 9.93. The zero-order chi connectivity index (χ0) is 25.9. The number of nitrogens with zero attached hydrogens (tertiary/aromatic N) is 3. The molecule has 0 unspecified atom stereocenters. The number of hydrogen-bond donors (Lipinski definition) is 1. The van der Waals surface area contributed by atoms with E-state index in [-0.39, 0.29) is 11.1 Å². The molecule has 1 N–H and O–H groups in total. The van der Waals surface area contributed by atoms with Gasteiger partial charge in [0, 0.05) is 26.8 Å². The summed E-state index contributed by atoms with van der Waals surface area (Å²) < 4.78 is 0. The van der Waals surface area contributed by atoms with Crippen molar-refractivity contribution in [3.05, 3.63) is 108 Å². The Morgan fingerprint density at radius 1 is 0.784 bits per heavy atom. The van der Waals surface area contributed by atoms with E-state index >= 15 is 0 Å². The number of anilines is 3. The number of carbonyl (C=O) groups excluding carboxylic acids is 2. The molecule has 180 valence electrons. The molecule has 1 aromatic heterocycles. The molecule has 0 aliphatic carbocycles. The summed E-state index contributed by atoms with van der Waals surface area (Å²) in [6.07, 6.45) is 0. The number of carboxylic acids is 1. The van der Waals surface area contributed by atoms with Gasteiger partial charge < -0.3 is 10.0 Å². The number of benzene rings is 3. The minimum absolute atomic E-state index is 0.0547. The molecule has 0 spiro atoms. The van der Waals surface area contributed by atoms with Crippen LogP contribution in [0.5, 0.6) is 0 Å². The Morgan fingerprint density at radius 2 is 1.32 bits per heavy atom. The van der Waals surface area contributed by atoms with Crippen molar-refractivity contribution in [2.75, 3.05) is 11.4 Å². The number of amides is 2. The van der Waals surface area contributed by atoms with Crippen molar-refractivity contribution in [1.82, 2.24) is 4.90 Å². The molecule has 1 aliphatic rings. The minimum Gasteiger partial charge on any atom is -0.480 e. The molecule has 0 radical (unpaired) electrons. The highest BCUT2D eigenvalue weighted by Crippen LogP contribution is 2.39. The van der Waals surface area contributed by atoms with Gasteiger partial charge in [-0.3, -0.25) is 19.3 Å². The standard InChI is InChI=1S/C29H19N3O4S/c30-17-23-27(29(36)31(28(23)35)18-26(33)34)25-16-15-24(37-25)19-11-13-22(14-12-19)32(20-7-3-1-4-8-20)21-9-5-2-6-10-21/h1-16H,18H2,(H,33,34). The van der Waals surface area contributed by atoms with Gasteiger partial charge in [-0.15, -0.1) is 11.3 Å². The van der Waals surface area contributed by atoms with Crippen LogP contribution in [0.4, 0.5) is 17.1 Å². The maximum Gasteiger partial charge on any atom is 0.323 e. The Labute approximate surface area is 216 Å². The highest BCUT2D eigenvalue weighted by molar-refractivity contribution is 7.17. The van der Waals surface area contributed by atoms with Gasteiger partial charge in [-0.1, -0.05) is 48.5 Å². The summed E-state index contributed by atoms with van der Waals surface area (Å²) in [6, 6.07) is 33.3. The van der Waals surface area contributed by atoms with Gasteiger partial charge in [-0.05, 0) is 54.1 Å². The third-order valence-electron chi connectivity index (χ3n) is 5.86. The number of aliphatic carboxylic acids is 1. The first-order chi connectivity index (χ1) is 18.0. The number of carboxylic acid groups (broad SMARTS) is 1. The molecular formula is C29H19N3O4S. The van der Waals surface area contributed by atoms with Crippen molar-refractivity contribution < 1.29 is 19.5 Å². The molecule has 0 fully saturated rings. The monoisotopic (exact) mass is 505 g/mol. The van der Waals surface area contributed by atoms with Crippen LogP contribution in [0.2, 0.25) is 0 Å². The first-order valence-corrected chi connectivity index (χ1v) is 12.1. The maximum absolute atomic E-state index is 12.8. The van der Waals surface area contributed by atoms with Gasteiger partial charge in [-0.25, -0.2) is 0 Å². The van der Waals surface area contributed by atoms with Gasteiger partial charge in [-0.2, -0.15) is 5.26 Å². The van der Waals surface area contributed by atoms with E-state index in [1.54, 1.807) is 12.1 Å². The molecule has 0 saturated heterocycles. The average molecular weight is 506 g/mol. The van der Waals surface area contributed by atoms with Crippen LogP contribution in [-0.4, -0.2) is 34.3 Å². The van der Waals surface area contributed by atoms with Crippen molar-refractivity contribution in [2.24, 2.45) is 0 Å². The fraction of sp³-hybridized carbons (Fsp3) is 0.0345.